The molecule has 5 nitrogen and oxygen atoms in total. The summed E-state index contributed by atoms with van der Waals surface area (Å²) < 4.78 is 1.62. The molecule has 1 aromatic heterocycles. The SMILES string of the molecule is CCNC(=O)[C@H](C)Sc1nc2ccccc2c(=O)n1CCc1ccc(Cl)cc1Cl. The Hall–Kier alpha value is -2.02. The van der Waals surface area contributed by atoms with Crippen molar-refractivity contribution in [2.45, 2.75) is 37.2 Å². The van der Waals surface area contributed by atoms with Crippen LogP contribution in [0.3, 0.4) is 0 Å². The van der Waals surface area contributed by atoms with Crippen molar-refractivity contribution >= 4 is 51.8 Å². The largest absolute Gasteiger partial charge is 0.355 e. The standard InChI is InChI=1S/C21H21Cl2N3O2S/c1-3-24-19(27)13(2)29-21-25-18-7-5-4-6-16(18)20(28)26(21)11-10-14-8-9-15(22)12-17(14)23/h4-9,12-13H,3,10-11H2,1-2H3,(H,24,27)/t13-/m0/s1. The number of para-hydroxylation sites is 1. The molecule has 0 bridgehead atoms. The van der Waals surface area contributed by atoms with E-state index in [0.29, 0.717) is 45.6 Å². The monoisotopic (exact) mass is 449 g/mol. The molecule has 3 aromatic rings. The van der Waals surface area contributed by atoms with Crippen LogP contribution in [-0.4, -0.2) is 27.3 Å². The van der Waals surface area contributed by atoms with Crippen LogP contribution >= 0.6 is 35.0 Å². The summed E-state index contributed by atoms with van der Waals surface area (Å²) >= 11 is 13.5. The number of aryl methyl sites for hydroxylation is 1. The Labute approximate surface area is 183 Å². The van der Waals surface area contributed by atoms with Gasteiger partial charge in [-0.3, -0.25) is 14.2 Å². The lowest BCUT2D eigenvalue weighted by atomic mass is 10.1. The van der Waals surface area contributed by atoms with E-state index in [4.69, 9.17) is 23.2 Å². The number of hydrogen-bond donors (Lipinski definition) is 1. The lowest BCUT2D eigenvalue weighted by Gasteiger charge is -2.16. The lowest BCUT2D eigenvalue weighted by Crippen LogP contribution is -2.32. The van der Waals surface area contributed by atoms with Crippen molar-refractivity contribution in [1.82, 2.24) is 14.9 Å². The topological polar surface area (TPSA) is 64.0 Å². The van der Waals surface area contributed by atoms with E-state index in [2.05, 4.69) is 10.3 Å². The van der Waals surface area contributed by atoms with Gasteiger partial charge in [-0.15, -0.1) is 0 Å². The zero-order valence-corrected chi connectivity index (χ0v) is 18.4. The summed E-state index contributed by atoms with van der Waals surface area (Å²) in [4.78, 5) is 30.0. The molecule has 2 aromatic carbocycles. The smallest absolute Gasteiger partial charge is 0.262 e. The Morgan fingerprint density at radius 3 is 2.72 bits per heavy atom. The zero-order valence-electron chi connectivity index (χ0n) is 16.1. The van der Waals surface area contributed by atoms with E-state index < -0.39 is 0 Å². The lowest BCUT2D eigenvalue weighted by molar-refractivity contribution is -0.120. The fourth-order valence-corrected chi connectivity index (χ4v) is 4.38. The van der Waals surface area contributed by atoms with Gasteiger partial charge in [0.15, 0.2) is 5.16 Å². The van der Waals surface area contributed by atoms with E-state index >= 15 is 0 Å². The van der Waals surface area contributed by atoms with Gasteiger partial charge in [0.25, 0.3) is 5.56 Å². The molecule has 0 aliphatic rings. The van der Waals surface area contributed by atoms with E-state index in [1.807, 2.05) is 25.1 Å². The van der Waals surface area contributed by atoms with Gasteiger partial charge in [0.05, 0.1) is 16.2 Å². The van der Waals surface area contributed by atoms with E-state index in [-0.39, 0.29) is 16.7 Å². The predicted octanol–water partition coefficient (Wildman–Crippen LogP) is 4.56. The van der Waals surface area contributed by atoms with Gasteiger partial charge >= 0.3 is 0 Å². The highest BCUT2D eigenvalue weighted by molar-refractivity contribution is 8.00. The summed E-state index contributed by atoms with van der Waals surface area (Å²) in [6.45, 7) is 4.62. The van der Waals surface area contributed by atoms with Crippen LogP contribution in [0.4, 0.5) is 0 Å². The van der Waals surface area contributed by atoms with Gasteiger partial charge in [-0.1, -0.05) is 53.2 Å². The molecule has 0 fully saturated rings. The highest BCUT2D eigenvalue weighted by Gasteiger charge is 2.19. The number of aromatic nitrogens is 2. The van der Waals surface area contributed by atoms with Crippen molar-refractivity contribution in [3.8, 4) is 0 Å². The van der Waals surface area contributed by atoms with Crippen molar-refractivity contribution in [2.24, 2.45) is 0 Å². The molecule has 0 aliphatic carbocycles. The van der Waals surface area contributed by atoms with Crippen LogP contribution in [0.1, 0.15) is 19.4 Å². The van der Waals surface area contributed by atoms with Gasteiger partial charge in [0.1, 0.15) is 0 Å². The Morgan fingerprint density at radius 1 is 1.24 bits per heavy atom. The number of amides is 1. The number of benzene rings is 2. The van der Waals surface area contributed by atoms with Crippen molar-refractivity contribution < 1.29 is 4.79 Å². The predicted molar refractivity (Wildman–Crippen MR) is 120 cm³/mol. The number of nitrogens with zero attached hydrogens (tertiary/aromatic N) is 2. The van der Waals surface area contributed by atoms with Crippen molar-refractivity contribution in [2.75, 3.05) is 6.54 Å². The van der Waals surface area contributed by atoms with Crippen LogP contribution in [0.2, 0.25) is 10.0 Å². The first-order valence-corrected chi connectivity index (χ1v) is 10.9. The van der Waals surface area contributed by atoms with Crippen LogP contribution < -0.4 is 10.9 Å². The summed E-state index contributed by atoms with van der Waals surface area (Å²) in [6.07, 6.45) is 0.541. The molecule has 1 amide bonds. The summed E-state index contributed by atoms with van der Waals surface area (Å²) in [5.41, 5.74) is 1.37. The van der Waals surface area contributed by atoms with Gasteiger partial charge in [0.2, 0.25) is 5.91 Å². The molecule has 0 aliphatic heterocycles. The normalized spacial score (nSPS) is 12.1. The second-order valence-electron chi connectivity index (χ2n) is 6.51. The van der Waals surface area contributed by atoms with Gasteiger partial charge in [-0.05, 0) is 50.1 Å². The molecule has 8 heteroatoms. The fourth-order valence-electron chi connectivity index (χ4n) is 2.92. The molecule has 0 saturated heterocycles. The number of halogens is 2. The van der Waals surface area contributed by atoms with Crippen LogP contribution in [0.25, 0.3) is 10.9 Å². The van der Waals surface area contributed by atoms with Crippen molar-refractivity contribution in [3.63, 3.8) is 0 Å². The Morgan fingerprint density at radius 2 is 2.00 bits per heavy atom. The number of rotatable bonds is 7. The van der Waals surface area contributed by atoms with Crippen LogP contribution in [-0.2, 0) is 17.8 Å². The summed E-state index contributed by atoms with van der Waals surface area (Å²) in [5, 5.41) is 4.60. The molecule has 1 atom stereocenters. The van der Waals surface area contributed by atoms with Crippen molar-refractivity contribution in [3.05, 3.63) is 68.4 Å². The molecule has 1 heterocycles. The highest BCUT2D eigenvalue weighted by atomic mass is 35.5. The quantitative estimate of drug-likeness (QED) is 0.423. The molecule has 29 heavy (non-hydrogen) atoms. The number of carbonyl (C=O) groups excluding carboxylic acids is 1. The Balaban J connectivity index is 1.97. The van der Waals surface area contributed by atoms with E-state index in [0.717, 1.165) is 5.56 Å². The van der Waals surface area contributed by atoms with Gasteiger partial charge in [-0.2, -0.15) is 0 Å². The minimum atomic E-state index is -0.381. The summed E-state index contributed by atoms with van der Waals surface area (Å²) in [5.74, 6) is -0.0906. The first-order chi connectivity index (χ1) is 13.9. The average molecular weight is 450 g/mol. The van der Waals surface area contributed by atoms with Crippen LogP contribution in [0, 0.1) is 0 Å². The Kier molecular flexibility index (Phi) is 7.22. The summed E-state index contributed by atoms with van der Waals surface area (Å²) in [7, 11) is 0. The average Bonchev–Trinajstić information content (AvgIpc) is 2.69. The molecular formula is C21H21Cl2N3O2S. The van der Waals surface area contributed by atoms with Gasteiger partial charge in [0, 0.05) is 23.1 Å². The van der Waals surface area contributed by atoms with Crippen LogP contribution in [0.5, 0.6) is 0 Å². The number of nitrogens with one attached hydrogen (secondary N) is 1. The van der Waals surface area contributed by atoms with Crippen molar-refractivity contribution in [1.29, 1.82) is 0 Å². The van der Waals surface area contributed by atoms with E-state index in [1.54, 1.807) is 35.8 Å². The van der Waals surface area contributed by atoms with Gasteiger partial charge < -0.3 is 5.32 Å². The van der Waals surface area contributed by atoms with E-state index in [1.165, 1.54) is 11.8 Å². The first kappa shape index (κ1) is 21.7. The summed E-state index contributed by atoms with van der Waals surface area (Å²) in [6, 6.07) is 12.5. The molecule has 0 unspecified atom stereocenters. The molecular weight excluding hydrogens is 429 g/mol. The molecule has 1 N–H and O–H groups in total. The number of hydrogen-bond acceptors (Lipinski definition) is 4. The third-order valence-corrected chi connectivity index (χ3v) is 6.13. The second kappa shape index (κ2) is 9.65. The Bertz CT molecular complexity index is 1100. The molecule has 152 valence electrons. The number of carbonyl (C=O) groups is 1. The first-order valence-electron chi connectivity index (χ1n) is 9.28. The highest BCUT2D eigenvalue weighted by Crippen LogP contribution is 2.25. The fraction of sp³-hybridized carbons (Fsp3) is 0.286. The van der Waals surface area contributed by atoms with Crippen LogP contribution in [0.15, 0.2) is 52.4 Å². The number of fused-ring (bicyclic) bond motifs is 1. The zero-order chi connectivity index (χ0) is 21.0. The maximum absolute atomic E-state index is 13.1. The second-order valence-corrected chi connectivity index (χ2v) is 8.66. The van der Waals surface area contributed by atoms with Gasteiger partial charge in [-0.25, -0.2) is 4.98 Å². The third kappa shape index (κ3) is 5.13. The minimum absolute atomic E-state index is 0.0906. The third-order valence-electron chi connectivity index (χ3n) is 4.45. The molecule has 0 spiro atoms. The molecule has 0 saturated carbocycles. The van der Waals surface area contributed by atoms with E-state index in [9.17, 15) is 9.59 Å². The maximum Gasteiger partial charge on any atom is 0.262 e. The minimum Gasteiger partial charge on any atom is -0.355 e. The number of thioether (sulfide) groups is 1. The molecule has 3 rings (SSSR count). The molecule has 0 radical (unpaired) electrons. The maximum atomic E-state index is 13.1.